The average Bonchev–Trinajstić information content (AvgIpc) is 2.80. The van der Waals surface area contributed by atoms with Gasteiger partial charge in [0, 0.05) is 12.6 Å². The van der Waals surface area contributed by atoms with Crippen molar-refractivity contribution in [2.45, 2.75) is 6.42 Å². The van der Waals surface area contributed by atoms with Crippen molar-refractivity contribution < 1.29 is 4.92 Å². The summed E-state index contributed by atoms with van der Waals surface area (Å²) >= 11 is 0. The summed E-state index contributed by atoms with van der Waals surface area (Å²) in [6, 6.07) is 3.10. The summed E-state index contributed by atoms with van der Waals surface area (Å²) in [6.45, 7) is 2.96. The van der Waals surface area contributed by atoms with Crippen LogP contribution in [0.5, 0.6) is 0 Å². The molecule has 6 heteroatoms. The van der Waals surface area contributed by atoms with Crippen LogP contribution in [0.4, 0.5) is 11.5 Å². The van der Waals surface area contributed by atoms with Crippen molar-refractivity contribution in [3.05, 3.63) is 28.4 Å². The molecule has 16 heavy (non-hydrogen) atoms. The topological polar surface area (TPSA) is 80.1 Å². The van der Waals surface area contributed by atoms with Gasteiger partial charge in [-0.15, -0.1) is 0 Å². The highest BCUT2D eigenvalue weighted by Crippen LogP contribution is 2.13. The fourth-order valence-corrected chi connectivity index (χ4v) is 1.74. The SMILES string of the molecule is O=[N+]([O-])c1ccc(NCC2CCNC2)nc1. The molecule has 2 N–H and O–H groups in total. The molecule has 0 radical (unpaired) electrons. The Kier molecular flexibility index (Phi) is 3.31. The smallest absolute Gasteiger partial charge is 0.287 e. The number of anilines is 1. The van der Waals surface area contributed by atoms with E-state index < -0.39 is 4.92 Å². The number of hydrogen-bond donors (Lipinski definition) is 2. The second-order valence-electron chi connectivity index (χ2n) is 3.90. The Morgan fingerprint density at radius 1 is 1.62 bits per heavy atom. The van der Waals surface area contributed by atoms with Crippen molar-refractivity contribution in [3.8, 4) is 0 Å². The van der Waals surface area contributed by atoms with E-state index in [1.54, 1.807) is 6.07 Å². The zero-order valence-corrected chi connectivity index (χ0v) is 8.85. The van der Waals surface area contributed by atoms with Crippen LogP contribution < -0.4 is 10.6 Å². The molecule has 6 nitrogen and oxygen atoms in total. The molecule has 1 unspecified atom stereocenters. The Morgan fingerprint density at radius 3 is 3.06 bits per heavy atom. The first-order chi connectivity index (χ1) is 7.75. The van der Waals surface area contributed by atoms with Crippen LogP contribution in [0.2, 0.25) is 0 Å². The Bertz CT molecular complexity index is 360. The number of nitrogens with zero attached hydrogens (tertiary/aromatic N) is 2. The van der Waals surface area contributed by atoms with Crippen LogP contribution in [-0.4, -0.2) is 29.5 Å². The second kappa shape index (κ2) is 4.89. The molecular weight excluding hydrogens is 208 g/mol. The Balaban J connectivity index is 1.87. The van der Waals surface area contributed by atoms with E-state index in [9.17, 15) is 10.1 Å². The minimum atomic E-state index is -0.447. The fraction of sp³-hybridized carbons (Fsp3) is 0.500. The molecule has 0 aromatic carbocycles. The van der Waals surface area contributed by atoms with Crippen LogP contribution in [0, 0.1) is 16.0 Å². The molecule has 0 aliphatic carbocycles. The van der Waals surface area contributed by atoms with Crippen molar-refractivity contribution in [1.82, 2.24) is 10.3 Å². The largest absolute Gasteiger partial charge is 0.370 e. The van der Waals surface area contributed by atoms with E-state index in [4.69, 9.17) is 0 Å². The molecule has 0 amide bonds. The van der Waals surface area contributed by atoms with Gasteiger partial charge in [-0.05, 0) is 31.5 Å². The zero-order chi connectivity index (χ0) is 11.4. The second-order valence-corrected chi connectivity index (χ2v) is 3.90. The van der Waals surface area contributed by atoms with Gasteiger partial charge in [0.15, 0.2) is 0 Å². The minimum absolute atomic E-state index is 0.0214. The molecule has 1 aromatic rings. The van der Waals surface area contributed by atoms with Gasteiger partial charge >= 0.3 is 0 Å². The highest BCUT2D eigenvalue weighted by atomic mass is 16.6. The molecule has 2 rings (SSSR count). The third-order valence-corrected chi connectivity index (χ3v) is 2.69. The average molecular weight is 222 g/mol. The van der Waals surface area contributed by atoms with Gasteiger partial charge in [-0.25, -0.2) is 4.98 Å². The zero-order valence-electron chi connectivity index (χ0n) is 8.85. The number of hydrogen-bond acceptors (Lipinski definition) is 5. The quantitative estimate of drug-likeness (QED) is 0.587. The summed E-state index contributed by atoms with van der Waals surface area (Å²) in [4.78, 5) is 14.0. The predicted molar refractivity (Wildman–Crippen MR) is 60.4 cm³/mol. The van der Waals surface area contributed by atoms with Crippen LogP contribution >= 0.6 is 0 Å². The molecule has 1 atom stereocenters. The van der Waals surface area contributed by atoms with Crippen molar-refractivity contribution in [2.75, 3.05) is 25.0 Å². The molecule has 0 bridgehead atoms. The minimum Gasteiger partial charge on any atom is -0.370 e. The lowest BCUT2D eigenvalue weighted by Crippen LogP contribution is -2.17. The summed E-state index contributed by atoms with van der Waals surface area (Å²) in [7, 11) is 0. The number of pyridine rings is 1. The van der Waals surface area contributed by atoms with Gasteiger partial charge in [0.25, 0.3) is 5.69 Å². The van der Waals surface area contributed by atoms with Gasteiger partial charge in [-0.2, -0.15) is 0 Å². The molecule has 1 fully saturated rings. The summed E-state index contributed by atoms with van der Waals surface area (Å²) in [5.41, 5.74) is 0.0214. The number of aromatic nitrogens is 1. The third kappa shape index (κ3) is 2.66. The summed E-state index contributed by atoms with van der Waals surface area (Å²) in [5, 5.41) is 16.9. The van der Waals surface area contributed by atoms with Gasteiger partial charge in [-0.3, -0.25) is 10.1 Å². The van der Waals surface area contributed by atoms with E-state index in [1.165, 1.54) is 18.7 Å². The van der Waals surface area contributed by atoms with Gasteiger partial charge in [0.2, 0.25) is 0 Å². The molecule has 2 heterocycles. The predicted octanol–water partition coefficient (Wildman–Crippen LogP) is 1.01. The van der Waals surface area contributed by atoms with E-state index in [1.807, 2.05) is 0 Å². The number of rotatable bonds is 4. The molecule has 86 valence electrons. The Labute approximate surface area is 93.2 Å². The van der Waals surface area contributed by atoms with Gasteiger partial charge in [-0.1, -0.05) is 0 Å². The lowest BCUT2D eigenvalue weighted by atomic mass is 10.1. The van der Waals surface area contributed by atoms with Crippen LogP contribution in [0.1, 0.15) is 6.42 Å². The van der Waals surface area contributed by atoms with Crippen molar-refractivity contribution in [1.29, 1.82) is 0 Å². The maximum Gasteiger partial charge on any atom is 0.287 e. The summed E-state index contributed by atoms with van der Waals surface area (Å²) in [6.07, 6.45) is 2.44. The molecular formula is C10H14N4O2. The van der Waals surface area contributed by atoms with Crippen molar-refractivity contribution in [2.24, 2.45) is 5.92 Å². The third-order valence-electron chi connectivity index (χ3n) is 2.69. The first kappa shape index (κ1) is 10.8. The van der Waals surface area contributed by atoms with Crippen LogP contribution in [-0.2, 0) is 0 Å². The molecule has 0 saturated carbocycles. The van der Waals surface area contributed by atoms with E-state index in [0.717, 1.165) is 19.6 Å². The van der Waals surface area contributed by atoms with Crippen molar-refractivity contribution >= 4 is 11.5 Å². The van der Waals surface area contributed by atoms with Gasteiger partial charge in [0.05, 0.1) is 4.92 Å². The first-order valence-corrected chi connectivity index (χ1v) is 5.31. The van der Waals surface area contributed by atoms with Crippen LogP contribution in [0.3, 0.4) is 0 Å². The molecule has 1 aliphatic heterocycles. The maximum atomic E-state index is 10.4. The van der Waals surface area contributed by atoms with Gasteiger partial charge < -0.3 is 10.6 Å². The monoisotopic (exact) mass is 222 g/mol. The number of nitro groups is 1. The lowest BCUT2D eigenvalue weighted by Gasteiger charge is -2.09. The lowest BCUT2D eigenvalue weighted by molar-refractivity contribution is -0.385. The van der Waals surface area contributed by atoms with E-state index >= 15 is 0 Å². The van der Waals surface area contributed by atoms with Crippen molar-refractivity contribution in [3.63, 3.8) is 0 Å². The number of nitrogens with one attached hydrogen (secondary N) is 2. The normalized spacial score (nSPS) is 19.6. The Hall–Kier alpha value is -1.69. The molecule has 1 saturated heterocycles. The van der Waals surface area contributed by atoms with Crippen LogP contribution in [0.25, 0.3) is 0 Å². The summed E-state index contributed by atoms with van der Waals surface area (Å²) in [5.74, 6) is 1.31. The molecule has 1 aliphatic rings. The highest BCUT2D eigenvalue weighted by Gasteiger charge is 2.14. The summed E-state index contributed by atoms with van der Waals surface area (Å²) < 4.78 is 0. The maximum absolute atomic E-state index is 10.4. The highest BCUT2D eigenvalue weighted by molar-refractivity contribution is 5.40. The molecule has 0 spiro atoms. The standard InChI is InChI=1S/C10H14N4O2/c15-14(16)9-1-2-10(13-7-9)12-6-8-3-4-11-5-8/h1-2,7-8,11H,3-6H2,(H,12,13). The van der Waals surface area contributed by atoms with Gasteiger partial charge in [0.1, 0.15) is 12.0 Å². The fourth-order valence-electron chi connectivity index (χ4n) is 1.74. The Morgan fingerprint density at radius 2 is 2.50 bits per heavy atom. The van der Waals surface area contributed by atoms with E-state index in [2.05, 4.69) is 15.6 Å². The first-order valence-electron chi connectivity index (χ1n) is 5.31. The van der Waals surface area contributed by atoms with E-state index in [0.29, 0.717) is 11.7 Å². The van der Waals surface area contributed by atoms with Crippen LogP contribution in [0.15, 0.2) is 18.3 Å². The van der Waals surface area contributed by atoms with E-state index in [-0.39, 0.29) is 5.69 Å². The molecule has 1 aromatic heterocycles.